The molecule has 0 spiro atoms. The Balaban J connectivity index is 1.56. The van der Waals surface area contributed by atoms with Gasteiger partial charge in [-0.3, -0.25) is 0 Å². The molecular weight excluding hydrogens is 367 g/mol. The zero-order valence-corrected chi connectivity index (χ0v) is 15.0. The molecule has 2 aliphatic rings. The van der Waals surface area contributed by atoms with Gasteiger partial charge < -0.3 is 24.8 Å². The van der Waals surface area contributed by atoms with Crippen LogP contribution < -0.4 is 20.1 Å². The highest BCUT2D eigenvalue weighted by molar-refractivity contribution is 5.95. The number of nitrogens with one attached hydrogen (secondary N) is 2. The summed E-state index contributed by atoms with van der Waals surface area (Å²) in [4.78, 5) is 24.6. The van der Waals surface area contributed by atoms with E-state index in [2.05, 4.69) is 10.6 Å². The molecule has 4 rings (SSSR count). The molecular formula is C20H17FN2O5. The van der Waals surface area contributed by atoms with Crippen molar-refractivity contribution in [3.63, 3.8) is 0 Å². The summed E-state index contributed by atoms with van der Waals surface area (Å²) in [6, 6.07) is 9.73. The van der Waals surface area contributed by atoms with Gasteiger partial charge in [0.05, 0.1) is 11.6 Å². The molecule has 0 saturated carbocycles. The van der Waals surface area contributed by atoms with Gasteiger partial charge in [0.25, 0.3) is 0 Å². The minimum absolute atomic E-state index is 0.00973. The van der Waals surface area contributed by atoms with Crippen molar-refractivity contribution in [2.45, 2.75) is 19.6 Å². The van der Waals surface area contributed by atoms with Crippen LogP contribution in [0.25, 0.3) is 0 Å². The van der Waals surface area contributed by atoms with Crippen molar-refractivity contribution < 1.29 is 28.2 Å². The van der Waals surface area contributed by atoms with E-state index in [4.69, 9.17) is 14.2 Å². The van der Waals surface area contributed by atoms with Crippen molar-refractivity contribution in [2.75, 3.05) is 6.79 Å². The van der Waals surface area contributed by atoms with E-state index in [1.807, 2.05) is 0 Å². The summed E-state index contributed by atoms with van der Waals surface area (Å²) in [6.45, 7) is 1.72. The number of esters is 1. The van der Waals surface area contributed by atoms with Crippen LogP contribution in [-0.4, -0.2) is 18.8 Å². The Labute approximate surface area is 160 Å². The fourth-order valence-corrected chi connectivity index (χ4v) is 3.16. The predicted octanol–water partition coefficient (Wildman–Crippen LogP) is 2.93. The Hall–Kier alpha value is -3.55. The van der Waals surface area contributed by atoms with E-state index in [9.17, 15) is 14.0 Å². The van der Waals surface area contributed by atoms with Crippen LogP contribution in [0.5, 0.6) is 11.5 Å². The van der Waals surface area contributed by atoms with Crippen molar-refractivity contribution in [3.8, 4) is 11.5 Å². The van der Waals surface area contributed by atoms with Crippen LogP contribution in [0.4, 0.5) is 9.18 Å². The molecule has 0 radical (unpaired) electrons. The minimum atomic E-state index is -0.945. The van der Waals surface area contributed by atoms with Crippen LogP contribution in [0.3, 0.4) is 0 Å². The molecule has 28 heavy (non-hydrogen) atoms. The van der Waals surface area contributed by atoms with Crippen LogP contribution >= 0.6 is 0 Å². The first-order chi connectivity index (χ1) is 13.5. The molecule has 144 valence electrons. The third kappa shape index (κ3) is 3.36. The summed E-state index contributed by atoms with van der Waals surface area (Å²) in [6.07, 6.45) is 0. The molecule has 2 aromatic rings. The van der Waals surface area contributed by atoms with E-state index in [1.165, 1.54) is 18.2 Å². The van der Waals surface area contributed by atoms with Crippen molar-refractivity contribution >= 4 is 12.0 Å². The Morgan fingerprint density at radius 2 is 2.00 bits per heavy atom. The molecule has 8 heteroatoms. The lowest BCUT2D eigenvalue weighted by molar-refractivity contribution is -0.140. The molecule has 0 bridgehead atoms. The van der Waals surface area contributed by atoms with E-state index in [1.54, 1.807) is 31.2 Å². The minimum Gasteiger partial charge on any atom is -0.457 e. The number of carbonyl (C=O) groups is 2. The van der Waals surface area contributed by atoms with Gasteiger partial charge >= 0.3 is 12.0 Å². The van der Waals surface area contributed by atoms with Gasteiger partial charge in [0.1, 0.15) is 12.4 Å². The quantitative estimate of drug-likeness (QED) is 0.792. The number of halogens is 1. The van der Waals surface area contributed by atoms with Gasteiger partial charge in [-0.15, -0.1) is 0 Å². The van der Waals surface area contributed by atoms with Gasteiger partial charge in [-0.1, -0.05) is 24.3 Å². The molecule has 2 heterocycles. The third-order valence-corrected chi connectivity index (χ3v) is 4.51. The Kier molecular flexibility index (Phi) is 4.60. The van der Waals surface area contributed by atoms with Gasteiger partial charge in [0.2, 0.25) is 6.79 Å². The lowest BCUT2D eigenvalue weighted by Gasteiger charge is -2.28. The van der Waals surface area contributed by atoms with Crippen molar-refractivity contribution in [3.05, 3.63) is 70.7 Å². The van der Waals surface area contributed by atoms with Crippen molar-refractivity contribution in [1.82, 2.24) is 10.6 Å². The molecule has 2 aromatic carbocycles. The maximum absolute atomic E-state index is 14.3. The second kappa shape index (κ2) is 7.22. The van der Waals surface area contributed by atoms with Crippen LogP contribution in [-0.2, 0) is 16.1 Å². The smallest absolute Gasteiger partial charge is 0.338 e. The molecule has 0 aromatic heterocycles. The first-order valence-corrected chi connectivity index (χ1v) is 8.61. The maximum Gasteiger partial charge on any atom is 0.338 e. The number of carbonyl (C=O) groups excluding carboxylic acids is 2. The summed E-state index contributed by atoms with van der Waals surface area (Å²) < 4.78 is 30.2. The maximum atomic E-state index is 14.3. The number of rotatable bonds is 4. The van der Waals surface area contributed by atoms with Crippen LogP contribution in [0.2, 0.25) is 0 Å². The molecule has 1 atom stereocenters. The normalized spacial score (nSPS) is 17.8. The zero-order valence-electron chi connectivity index (χ0n) is 15.0. The van der Waals surface area contributed by atoms with E-state index < -0.39 is 23.9 Å². The lowest BCUT2D eigenvalue weighted by atomic mass is 9.95. The van der Waals surface area contributed by atoms with Gasteiger partial charge in [-0.25, -0.2) is 14.0 Å². The monoisotopic (exact) mass is 384 g/mol. The first-order valence-electron chi connectivity index (χ1n) is 8.61. The number of fused-ring (bicyclic) bond motifs is 1. The molecule has 0 unspecified atom stereocenters. The largest absolute Gasteiger partial charge is 0.457 e. The number of ether oxygens (including phenoxy) is 3. The standard InChI is InChI=1S/C20H17FN2O5/c1-11-17(18(23-20(25)22-11)13-4-2-3-5-14(13)21)19(24)26-9-12-6-7-15-16(8-12)28-10-27-15/h2-8,18H,9-10H2,1H3,(H2,22,23,25)/t18-/m0/s1. The average Bonchev–Trinajstić information content (AvgIpc) is 3.13. The SMILES string of the molecule is CC1=C(C(=O)OCc2ccc3c(c2)OCO3)[C@H](c2ccccc2F)NC(=O)N1. The van der Waals surface area contributed by atoms with Crippen molar-refractivity contribution in [1.29, 1.82) is 0 Å². The highest BCUT2D eigenvalue weighted by Gasteiger charge is 2.33. The third-order valence-electron chi connectivity index (χ3n) is 4.51. The molecule has 2 amide bonds. The van der Waals surface area contributed by atoms with E-state index in [-0.39, 0.29) is 24.5 Å². The fourth-order valence-electron chi connectivity index (χ4n) is 3.16. The summed E-state index contributed by atoms with van der Waals surface area (Å²) in [5, 5.41) is 5.11. The highest BCUT2D eigenvalue weighted by Crippen LogP contribution is 2.33. The van der Waals surface area contributed by atoms with Crippen LogP contribution in [0, 0.1) is 5.82 Å². The highest BCUT2D eigenvalue weighted by atomic mass is 19.1. The Bertz CT molecular complexity index is 988. The van der Waals surface area contributed by atoms with Crippen LogP contribution in [0.1, 0.15) is 24.1 Å². The summed E-state index contributed by atoms with van der Waals surface area (Å²) in [5.41, 5.74) is 1.36. The Morgan fingerprint density at radius 1 is 1.21 bits per heavy atom. The number of hydrogen-bond acceptors (Lipinski definition) is 5. The number of hydrogen-bond donors (Lipinski definition) is 2. The number of urea groups is 1. The Morgan fingerprint density at radius 3 is 2.82 bits per heavy atom. The van der Waals surface area contributed by atoms with Gasteiger partial charge in [-0.05, 0) is 30.7 Å². The topological polar surface area (TPSA) is 85.9 Å². The van der Waals surface area contributed by atoms with E-state index >= 15 is 0 Å². The fraction of sp³-hybridized carbons (Fsp3) is 0.200. The van der Waals surface area contributed by atoms with E-state index in [0.29, 0.717) is 22.8 Å². The average molecular weight is 384 g/mol. The summed E-state index contributed by atoms with van der Waals surface area (Å²) >= 11 is 0. The summed E-state index contributed by atoms with van der Waals surface area (Å²) in [7, 11) is 0. The van der Waals surface area contributed by atoms with Gasteiger partial charge in [-0.2, -0.15) is 0 Å². The lowest BCUT2D eigenvalue weighted by Crippen LogP contribution is -2.45. The van der Waals surface area contributed by atoms with Gasteiger partial charge in [0.15, 0.2) is 11.5 Å². The molecule has 7 nitrogen and oxygen atoms in total. The zero-order chi connectivity index (χ0) is 19.7. The number of allylic oxidation sites excluding steroid dienone is 1. The first kappa shape index (κ1) is 17.8. The summed E-state index contributed by atoms with van der Waals surface area (Å²) in [5.74, 6) is 0.0340. The molecule has 2 aliphatic heterocycles. The molecule has 2 N–H and O–H groups in total. The molecule has 0 aliphatic carbocycles. The van der Waals surface area contributed by atoms with Gasteiger partial charge in [0, 0.05) is 11.3 Å². The molecule has 0 saturated heterocycles. The number of amides is 2. The second-order valence-corrected chi connectivity index (χ2v) is 6.36. The molecule has 0 fully saturated rings. The van der Waals surface area contributed by atoms with Crippen molar-refractivity contribution in [2.24, 2.45) is 0 Å². The number of benzene rings is 2. The van der Waals surface area contributed by atoms with E-state index in [0.717, 1.165) is 0 Å². The second-order valence-electron chi connectivity index (χ2n) is 6.36. The van der Waals surface area contributed by atoms with Crippen LogP contribution in [0.15, 0.2) is 53.7 Å². The predicted molar refractivity (Wildman–Crippen MR) is 95.9 cm³/mol.